The van der Waals surface area contributed by atoms with Gasteiger partial charge in [-0.05, 0) is 69.4 Å². The molecule has 1 unspecified atom stereocenters. The van der Waals surface area contributed by atoms with Crippen molar-refractivity contribution in [2.75, 3.05) is 18.1 Å². The Bertz CT molecular complexity index is 909. The molecule has 0 aliphatic heterocycles. The molecule has 0 fully saturated rings. The number of carbonyl (C=O) groups is 3. The molecule has 0 heterocycles. The van der Waals surface area contributed by atoms with Gasteiger partial charge < -0.3 is 9.84 Å². The number of anilines is 1. The molecule has 2 rings (SSSR count). The number of nitrogens with one attached hydrogen (secondary N) is 1. The number of aryl methyl sites for hydroxylation is 3. The minimum absolute atomic E-state index is 0.235. The Morgan fingerprint density at radius 3 is 2.25 bits per heavy atom. The van der Waals surface area contributed by atoms with E-state index in [1.165, 1.54) is 4.90 Å². The van der Waals surface area contributed by atoms with Crippen molar-refractivity contribution in [2.45, 2.75) is 52.6 Å². The summed E-state index contributed by atoms with van der Waals surface area (Å²) in [6, 6.07) is 13.8. The molecule has 0 aromatic heterocycles. The van der Waals surface area contributed by atoms with E-state index in [4.69, 9.17) is 4.74 Å². The van der Waals surface area contributed by atoms with Gasteiger partial charge in [0.1, 0.15) is 12.6 Å². The number of amides is 1. The fourth-order valence-electron chi connectivity index (χ4n) is 3.61. The number of ether oxygens (including phenoxy) is 1. The van der Waals surface area contributed by atoms with Crippen molar-refractivity contribution < 1.29 is 24.2 Å². The van der Waals surface area contributed by atoms with Crippen molar-refractivity contribution in [3.05, 3.63) is 65.2 Å². The van der Waals surface area contributed by atoms with Crippen LogP contribution in [-0.4, -0.2) is 48.2 Å². The zero-order chi connectivity index (χ0) is 23.7. The number of rotatable bonds is 11. The van der Waals surface area contributed by atoms with Gasteiger partial charge in [-0.15, -0.1) is 0 Å². The predicted molar refractivity (Wildman–Crippen MR) is 124 cm³/mol. The van der Waals surface area contributed by atoms with Gasteiger partial charge in [-0.2, -0.15) is 0 Å². The van der Waals surface area contributed by atoms with Crippen LogP contribution in [0.2, 0.25) is 0 Å². The van der Waals surface area contributed by atoms with Crippen LogP contribution in [0.25, 0.3) is 0 Å². The average Bonchev–Trinajstić information content (AvgIpc) is 2.74. The zero-order valence-corrected chi connectivity index (χ0v) is 19.1. The molecule has 0 bridgehead atoms. The van der Waals surface area contributed by atoms with Crippen LogP contribution in [0.1, 0.15) is 37.0 Å². The summed E-state index contributed by atoms with van der Waals surface area (Å²) in [7, 11) is 0. The van der Waals surface area contributed by atoms with Crippen molar-refractivity contribution in [3.63, 3.8) is 0 Å². The van der Waals surface area contributed by atoms with Crippen molar-refractivity contribution in [3.8, 4) is 0 Å². The summed E-state index contributed by atoms with van der Waals surface area (Å²) in [5, 5.41) is 12.4. The van der Waals surface area contributed by atoms with E-state index in [1.54, 1.807) is 26.0 Å². The lowest BCUT2D eigenvalue weighted by Crippen LogP contribution is -2.52. The maximum absolute atomic E-state index is 13.2. The van der Waals surface area contributed by atoms with Crippen LogP contribution in [0.5, 0.6) is 0 Å². The van der Waals surface area contributed by atoms with Gasteiger partial charge in [0.2, 0.25) is 5.91 Å². The first-order valence-electron chi connectivity index (χ1n) is 10.8. The Hall–Kier alpha value is -3.19. The maximum atomic E-state index is 13.2. The molecular weight excluding hydrogens is 408 g/mol. The second-order valence-electron chi connectivity index (χ2n) is 7.88. The molecule has 0 spiro atoms. The molecule has 7 nitrogen and oxygen atoms in total. The number of esters is 1. The number of aliphatic carboxylic acids is 1. The normalized spacial score (nSPS) is 12.6. The molecule has 2 aromatic rings. The summed E-state index contributed by atoms with van der Waals surface area (Å²) < 4.78 is 5.19. The fourth-order valence-corrected chi connectivity index (χ4v) is 3.61. The first-order valence-corrected chi connectivity index (χ1v) is 10.8. The van der Waals surface area contributed by atoms with Crippen molar-refractivity contribution in [1.82, 2.24) is 5.32 Å². The first-order chi connectivity index (χ1) is 15.2. The minimum atomic E-state index is -1.12. The SMILES string of the molecule is CCOC(=O)C(CCc1ccccc1)N[C@@H](C)C(=O)N(CC(=O)O)c1cc(C)cc(C)c1. The molecule has 0 saturated heterocycles. The third-order valence-electron chi connectivity index (χ3n) is 5.03. The molecular formula is C25H32N2O5. The summed E-state index contributed by atoms with van der Waals surface area (Å²) >= 11 is 0. The quantitative estimate of drug-likeness (QED) is 0.521. The molecule has 2 aromatic carbocycles. The molecule has 2 N–H and O–H groups in total. The molecule has 0 radical (unpaired) electrons. The molecule has 7 heteroatoms. The van der Waals surface area contributed by atoms with E-state index >= 15 is 0 Å². The number of hydrogen-bond acceptors (Lipinski definition) is 5. The third kappa shape index (κ3) is 7.50. The van der Waals surface area contributed by atoms with Crippen molar-refractivity contribution in [2.24, 2.45) is 0 Å². The van der Waals surface area contributed by atoms with Crippen LogP contribution in [-0.2, 0) is 25.5 Å². The average molecular weight is 441 g/mol. The van der Waals surface area contributed by atoms with E-state index in [2.05, 4.69) is 5.32 Å². The Kier molecular flexibility index (Phi) is 9.40. The molecule has 1 amide bonds. The second kappa shape index (κ2) is 12.0. The van der Waals surface area contributed by atoms with Crippen LogP contribution in [0, 0.1) is 13.8 Å². The van der Waals surface area contributed by atoms with E-state index in [0.29, 0.717) is 18.5 Å². The highest BCUT2D eigenvalue weighted by molar-refractivity contribution is 6.00. The van der Waals surface area contributed by atoms with Gasteiger partial charge in [-0.1, -0.05) is 36.4 Å². The predicted octanol–water partition coefficient (Wildman–Crippen LogP) is 3.26. The van der Waals surface area contributed by atoms with Gasteiger partial charge in [0.25, 0.3) is 0 Å². The summed E-state index contributed by atoms with van der Waals surface area (Å²) in [6.07, 6.45) is 1.08. The lowest BCUT2D eigenvalue weighted by molar-refractivity contribution is -0.146. The summed E-state index contributed by atoms with van der Waals surface area (Å²) in [5.74, 6) is -1.97. The van der Waals surface area contributed by atoms with Crippen LogP contribution in [0.4, 0.5) is 5.69 Å². The van der Waals surface area contributed by atoms with E-state index < -0.39 is 36.5 Å². The van der Waals surface area contributed by atoms with Gasteiger partial charge in [0, 0.05) is 5.69 Å². The van der Waals surface area contributed by atoms with Gasteiger partial charge in [-0.3, -0.25) is 24.6 Å². The zero-order valence-electron chi connectivity index (χ0n) is 19.1. The van der Waals surface area contributed by atoms with Crippen LogP contribution in [0.3, 0.4) is 0 Å². The number of benzene rings is 2. The van der Waals surface area contributed by atoms with E-state index in [1.807, 2.05) is 50.2 Å². The Morgan fingerprint density at radius 1 is 1.06 bits per heavy atom. The van der Waals surface area contributed by atoms with Gasteiger partial charge >= 0.3 is 11.9 Å². The molecule has 0 saturated carbocycles. The summed E-state index contributed by atoms with van der Waals surface area (Å²) in [5.41, 5.74) is 3.44. The molecule has 2 atom stereocenters. The second-order valence-corrected chi connectivity index (χ2v) is 7.88. The standard InChI is InChI=1S/C25H32N2O5/c1-5-32-25(31)22(12-11-20-9-7-6-8-10-20)26-19(4)24(30)27(16-23(28)29)21-14-17(2)13-18(3)15-21/h6-10,13-15,19,22,26H,5,11-12,16H2,1-4H3,(H,28,29)/t19-,22?/m0/s1. The van der Waals surface area contributed by atoms with Crippen LogP contribution in [0.15, 0.2) is 48.5 Å². The number of carbonyl (C=O) groups excluding carboxylic acids is 2. The Balaban J connectivity index is 2.20. The lowest BCUT2D eigenvalue weighted by atomic mass is 10.0. The number of carboxylic acids is 1. The van der Waals surface area contributed by atoms with E-state index in [-0.39, 0.29) is 6.61 Å². The highest BCUT2D eigenvalue weighted by atomic mass is 16.5. The highest BCUT2D eigenvalue weighted by Crippen LogP contribution is 2.20. The third-order valence-corrected chi connectivity index (χ3v) is 5.03. The monoisotopic (exact) mass is 440 g/mol. The number of hydrogen-bond donors (Lipinski definition) is 2. The Morgan fingerprint density at radius 2 is 1.69 bits per heavy atom. The summed E-state index contributed by atoms with van der Waals surface area (Å²) in [4.78, 5) is 38.5. The smallest absolute Gasteiger partial charge is 0.323 e. The molecule has 0 aliphatic carbocycles. The van der Waals surface area contributed by atoms with E-state index in [9.17, 15) is 19.5 Å². The van der Waals surface area contributed by atoms with Gasteiger partial charge in [0.15, 0.2) is 0 Å². The summed E-state index contributed by atoms with van der Waals surface area (Å²) in [6.45, 7) is 6.91. The van der Waals surface area contributed by atoms with Gasteiger partial charge in [0.05, 0.1) is 12.6 Å². The highest BCUT2D eigenvalue weighted by Gasteiger charge is 2.29. The minimum Gasteiger partial charge on any atom is -0.480 e. The number of nitrogens with zero attached hydrogens (tertiary/aromatic N) is 1. The largest absolute Gasteiger partial charge is 0.480 e. The topological polar surface area (TPSA) is 95.9 Å². The lowest BCUT2D eigenvalue weighted by Gasteiger charge is -2.28. The maximum Gasteiger partial charge on any atom is 0.323 e. The fraction of sp³-hybridized carbons (Fsp3) is 0.400. The van der Waals surface area contributed by atoms with Gasteiger partial charge in [-0.25, -0.2) is 0 Å². The molecule has 0 aliphatic rings. The van der Waals surface area contributed by atoms with Crippen LogP contribution < -0.4 is 10.2 Å². The Labute approximate surface area is 189 Å². The molecule has 32 heavy (non-hydrogen) atoms. The first kappa shape index (κ1) is 25.1. The van der Waals surface area contributed by atoms with Crippen molar-refractivity contribution in [1.29, 1.82) is 0 Å². The number of carboxylic acid groups (broad SMARTS) is 1. The molecule has 172 valence electrons. The van der Waals surface area contributed by atoms with Crippen molar-refractivity contribution >= 4 is 23.5 Å². The van der Waals surface area contributed by atoms with E-state index in [0.717, 1.165) is 16.7 Å². The van der Waals surface area contributed by atoms with Crippen LogP contribution >= 0.6 is 0 Å².